The Morgan fingerprint density at radius 2 is 2.13 bits per heavy atom. The molecule has 3 aliphatic rings. The van der Waals surface area contributed by atoms with Crippen LogP contribution in [0, 0.1) is 16.7 Å². The van der Waals surface area contributed by atoms with E-state index >= 15 is 0 Å². The van der Waals surface area contributed by atoms with Gasteiger partial charge in [-0.05, 0) is 36.4 Å². The Hall–Kier alpha value is -0.640. The van der Waals surface area contributed by atoms with Gasteiger partial charge in [-0.3, -0.25) is 5.43 Å². The second-order valence-electron chi connectivity index (χ2n) is 5.76. The van der Waals surface area contributed by atoms with Crippen LogP contribution in [-0.4, -0.2) is 16.9 Å². The van der Waals surface area contributed by atoms with Crippen LogP contribution >= 0.6 is 12.2 Å². The molecule has 0 amide bonds. The Kier molecular flexibility index (Phi) is 1.62. The zero-order valence-corrected chi connectivity index (χ0v) is 10.2. The standard InChI is InChI=1S/C11H17N3S/c1-10(2)6-4-5-11(10,3)8-7(6)12-9(15)14-13-8/h6-7H,4-5H2,1-3H3,(H2,12,14,15)/t6-,7-,11-/m0/s1. The second-order valence-corrected chi connectivity index (χ2v) is 6.17. The van der Waals surface area contributed by atoms with Gasteiger partial charge in [-0.2, -0.15) is 5.10 Å². The van der Waals surface area contributed by atoms with E-state index in [1.165, 1.54) is 18.6 Å². The van der Waals surface area contributed by atoms with Crippen molar-refractivity contribution in [1.82, 2.24) is 10.7 Å². The maximum absolute atomic E-state index is 5.13. The van der Waals surface area contributed by atoms with Gasteiger partial charge in [-0.1, -0.05) is 20.8 Å². The zero-order chi connectivity index (χ0) is 10.8. The molecule has 2 saturated carbocycles. The molecule has 0 aromatic rings. The highest BCUT2D eigenvalue weighted by molar-refractivity contribution is 7.80. The first-order valence-electron chi connectivity index (χ1n) is 5.61. The molecule has 2 bridgehead atoms. The summed E-state index contributed by atoms with van der Waals surface area (Å²) in [7, 11) is 0. The maximum Gasteiger partial charge on any atom is 0.187 e. The van der Waals surface area contributed by atoms with Crippen molar-refractivity contribution in [2.24, 2.45) is 21.8 Å². The van der Waals surface area contributed by atoms with Crippen LogP contribution in [0.4, 0.5) is 0 Å². The fraction of sp³-hybridized carbons (Fsp3) is 0.818. The van der Waals surface area contributed by atoms with Gasteiger partial charge in [0.25, 0.3) is 0 Å². The number of nitrogens with zero attached hydrogens (tertiary/aromatic N) is 1. The summed E-state index contributed by atoms with van der Waals surface area (Å²) >= 11 is 5.13. The highest BCUT2D eigenvalue weighted by atomic mass is 32.1. The molecule has 0 radical (unpaired) electrons. The van der Waals surface area contributed by atoms with Crippen molar-refractivity contribution >= 4 is 23.0 Å². The fourth-order valence-corrected chi connectivity index (χ4v) is 3.93. The largest absolute Gasteiger partial charge is 0.353 e. The van der Waals surface area contributed by atoms with Gasteiger partial charge in [0.15, 0.2) is 5.11 Å². The first kappa shape index (κ1) is 9.58. The second kappa shape index (κ2) is 2.54. The highest BCUT2D eigenvalue weighted by Crippen LogP contribution is 2.64. The van der Waals surface area contributed by atoms with Crippen LogP contribution in [0.1, 0.15) is 33.6 Å². The van der Waals surface area contributed by atoms with Crippen molar-refractivity contribution in [1.29, 1.82) is 0 Å². The van der Waals surface area contributed by atoms with E-state index in [0.717, 1.165) is 0 Å². The van der Waals surface area contributed by atoms with Gasteiger partial charge in [0, 0.05) is 5.41 Å². The van der Waals surface area contributed by atoms with E-state index in [-0.39, 0.29) is 5.41 Å². The number of hydrogen-bond donors (Lipinski definition) is 2. The average Bonchev–Trinajstić information content (AvgIpc) is 2.47. The van der Waals surface area contributed by atoms with Gasteiger partial charge in [-0.15, -0.1) is 0 Å². The summed E-state index contributed by atoms with van der Waals surface area (Å²) < 4.78 is 0. The zero-order valence-electron chi connectivity index (χ0n) is 9.42. The molecule has 0 spiro atoms. The predicted octanol–water partition coefficient (Wildman–Crippen LogP) is 1.64. The molecule has 0 aromatic heterocycles. The van der Waals surface area contributed by atoms with Crippen LogP contribution in [0.25, 0.3) is 0 Å². The lowest BCUT2D eigenvalue weighted by atomic mass is 9.70. The van der Waals surface area contributed by atoms with Crippen molar-refractivity contribution in [3.8, 4) is 0 Å². The number of fused-ring (bicyclic) bond motifs is 5. The molecule has 0 unspecified atom stereocenters. The summed E-state index contributed by atoms with van der Waals surface area (Å²) in [5.74, 6) is 0.682. The molecule has 3 nitrogen and oxygen atoms in total. The molecule has 82 valence electrons. The van der Waals surface area contributed by atoms with Crippen molar-refractivity contribution in [3.05, 3.63) is 0 Å². The lowest BCUT2D eigenvalue weighted by Crippen LogP contribution is -2.53. The molecule has 1 heterocycles. The topological polar surface area (TPSA) is 36.4 Å². The minimum absolute atomic E-state index is 0.248. The minimum atomic E-state index is 0.248. The van der Waals surface area contributed by atoms with Crippen molar-refractivity contribution in [2.45, 2.75) is 39.7 Å². The molecule has 2 fully saturated rings. The predicted molar refractivity (Wildman–Crippen MR) is 64.7 cm³/mol. The van der Waals surface area contributed by atoms with Gasteiger partial charge in [0.1, 0.15) is 0 Å². The lowest BCUT2D eigenvalue weighted by Gasteiger charge is -2.35. The molecule has 2 aliphatic carbocycles. The molecule has 0 aromatic carbocycles. The van der Waals surface area contributed by atoms with Crippen molar-refractivity contribution < 1.29 is 0 Å². The van der Waals surface area contributed by atoms with E-state index in [9.17, 15) is 0 Å². The first-order valence-corrected chi connectivity index (χ1v) is 6.02. The summed E-state index contributed by atoms with van der Waals surface area (Å²) in [6.07, 6.45) is 2.55. The Bertz CT molecular complexity index is 374. The molecule has 0 saturated heterocycles. The third kappa shape index (κ3) is 0.917. The van der Waals surface area contributed by atoms with Crippen LogP contribution in [0.15, 0.2) is 5.10 Å². The Morgan fingerprint density at radius 1 is 1.40 bits per heavy atom. The Labute approximate surface area is 95.7 Å². The molecular weight excluding hydrogens is 206 g/mol. The average molecular weight is 223 g/mol. The molecule has 3 rings (SSSR count). The number of rotatable bonds is 0. The molecule has 3 atom stereocenters. The summed E-state index contributed by atoms with van der Waals surface area (Å²) in [5, 5.41) is 8.54. The fourth-order valence-electron chi connectivity index (χ4n) is 3.76. The maximum atomic E-state index is 5.13. The number of thiocarbonyl (C=S) groups is 1. The van der Waals surface area contributed by atoms with Gasteiger partial charge in [0.05, 0.1) is 11.8 Å². The van der Waals surface area contributed by atoms with E-state index in [1.54, 1.807) is 0 Å². The number of hydrogen-bond acceptors (Lipinski definition) is 2. The number of hydrazone groups is 1. The minimum Gasteiger partial charge on any atom is -0.353 e. The summed E-state index contributed by atoms with van der Waals surface area (Å²) in [6, 6.07) is 0.382. The van der Waals surface area contributed by atoms with Crippen LogP contribution in [0.5, 0.6) is 0 Å². The Morgan fingerprint density at radius 3 is 2.87 bits per heavy atom. The van der Waals surface area contributed by atoms with E-state index in [4.69, 9.17) is 12.2 Å². The monoisotopic (exact) mass is 223 g/mol. The van der Waals surface area contributed by atoms with Crippen LogP contribution in [-0.2, 0) is 0 Å². The quantitative estimate of drug-likeness (QED) is 0.613. The van der Waals surface area contributed by atoms with Crippen molar-refractivity contribution in [3.63, 3.8) is 0 Å². The molecule has 15 heavy (non-hydrogen) atoms. The number of nitrogens with one attached hydrogen (secondary N) is 2. The van der Waals surface area contributed by atoms with Gasteiger partial charge < -0.3 is 5.32 Å². The summed E-state index contributed by atoms with van der Waals surface area (Å²) in [6.45, 7) is 7.09. The third-order valence-electron chi connectivity index (χ3n) is 5.13. The first-order chi connectivity index (χ1) is 6.97. The molecule has 1 aliphatic heterocycles. The highest BCUT2D eigenvalue weighted by Gasteiger charge is 2.65. The van der Waals surface area contributed by atoms with E-state index in [0.29, 0.717) is 22.5 Å². The van der Waals surface area contributed by atoms with E-state index < -0.39 is 0 Å². The van der Waals surface area contributed by atoms with Gasteiger partial charge in [0.2, 0.25) is 0 Å². The Balaban J connectivity index is 2.12. The summed E-state index contributed by atoms with van der Waals surface area (Å²) in [4.78, 5) is 0. The normalized spacial score (nSPS) is 45.5. The SMILES string of the molecule is CC1(C)[C@H]2CC[C@@]1(C)C1=NNC(=S)N[C@H]12. The van der Waals surface area contributed by atoms with E-state index in [2.05, 4.69) is 36.6 Å². The summed E-state index contributed by atoms with van der Waals surface area (Å²) in [5.41, 5.74) is 4.79. The third-order valence-corrected chi connectivity index (χ3v) is 5.34. The van der Waals surface area contributed by atoms with Gasteiger partial charge >= 0.3 is 0 Å². The van der Waals surface area contributed by atoms with Crippen LogP contribution < -0.4 is 10.7 Å². The van der Waals surface area contributed by atoms with Crippen molar-refractivity contribution in [2.75, 3.05) is 0 Å². The van der Waals surface area contributed by atoms with Gasteiger partial charge in [-0.25, -0.2) is 0 Å². The van der Waals surface area contributed by atoms with Crippen LogP contribution in [0.3, 0.4) is 0 Å². The molecular formula is C11H17N3S. The van der Waals surface area contributed by atoms with Crippen LogP contribution in [0.2, 0.25) is 0 Å². The molecule has 2 N–H and O–H groups in total. The lowest BCUT2D eigenvalue weighted by molar-refractivity contribution is 0.187. The molecule has 4 heteroatoms. The smallest absolute Gasteiger partial charge is 0.187 e. The van der Waals surface area contributed by atoms with E-state index in [1.807, 2.05) is 0 Å².